The molecule has 0 aromatic heterocycles. The molecule has 0 amide bonds. The molecule has 0 aromatic carbocycles. The lowest BCUT2D eigenvalue weighted by molar-refractivity contribution is 1.36. The van der Waals surface area contributed by atoms with Crippen molar-refractivity contribution >= 4 is 16.3 Å². The lowest BCUT2D eigenvalue weighted by Gasteiger charge is -1.80. The predicted molar refractivity (Wildman–Crippen MR) is 30.0 cm³/mol. The molecule has 0 heterocycles. The Kier molecular flexibility index (Phi) is 3.62. The second-order valence-electron chi connectivity index (χ2n) is 1.52. The smallest absolute Gasteiger partial charge is 0.101 e. The van der Waals surface area contributed by atoms with Gasteiger partial charge >= 0.3 is 0 Å². The highest BCUT2D eigenvalue weighted by Gasteiger charge is 1.67. The summed E-state index contributed by atoms with van der Waals surface area (Å²) in [7, 11) is 0. The van der Waals surface area contributed by atoms with Gasteiger partial charge in [-0.1, -0.05) is 5.57 Å². The van der Waals surface area contributed by atoms with Gasteiger partial charge in [0.05, 0.1) is 0 Å². The van der Waals surface area contributed by atoms with Gasteiger partial charge < -0.3 is 0 Å². The summed E-state index contributed by atoms with van der Waals surface area (Å²) in [6.07, 6.45) is 2.17. The normalized spacial score (nSPS) is 7.67. The molecule has 0 aromatic rings. The highest BCUT2D eigenvalue weighted by Crippen LogP contribution is 1.87. The predicted octanol–water partition coefficient (Wildman–Crippen LogP) is 1.54. The molecule has 0 saturated carbocycles. The van der Waals surface area contributed by atoms with Crippen molar-refractivity contribution in [1.82, 2.24) is 0 Å². The van der Waals surface area contributed by atoms with E-state index in [4.69, 9.17) is 0 Å². The van der Waals surface area contributed by atoms with Crippen LogP contribution in [0.2, 0.25) is 5.28 Å². The standard InChI is InChI=1S/C5H9.Al/c1-4-5(2)3;/h4H,1H2,2-3H3;. The van der Waals surface area contributed by atoms with Gasteiger partial charge in [0.1, 0.15) is 16.3 Å². The molecule has 0 aliphatic carbocycles. The van der Waals surface area contributed by atoms with Gasteiger partial charge in [0.15, 0.2) is 0 Å². The molecule has 6 heavy (non-hydrogen) atoms. The summed E-state index contributed by atoms with van der Waals surface area (Å²) in [6, 6.07) is 0. The second kappa shape index (κ2) is 3.46. The van der Waals surface area contributed by atoms with Crippen molar-refractivity contribution in [2.75, 3.05) is 0 Å². The fourth-order valence-corrected chi connectivity index (χ4v) is 0.707. The molecule has 0 unspecified atom stereocenters. The lowest BCUT2D eigenvalue weighted by atomic mass is 10.3. The number of hydrogen-bond acceptors (Lipinski definition) is 0. The molecular weight excluding hydrogens is 87.0 g/mol. The summed E-state index contributed by atoms with van der Waals surface area (Å²) in [5, 5.41) is 1.09. The van der Waals surface area contributed by atoms with Crippen LogP contribution < -0.4 is 0 Å². The van der Waals surface area contributed by atoms with Gasteiger partial charge in [-0.05, 0) is 13.8 Å². The third kappa shape index (κ3) is 4.27. The topological polar surface area (TPSA) is 0 Å². The van der Waals surface area contributed by atoms with E-state index in [1.54, 1.807) is 0 Å². The Bertz CT molecular complexity index is 51.0. The molecular formula is C5H9Al. The molecule has 0 saturated heterocycles. The van der Waals surface area contributed by atoms with E-state index < -0.39 is 0 Å². The van der Waals surface area contributed by atoms with Crippen molar-refractivity contribution in [2.24, 2.45) is 0 Å². The van der Waals surface area contributed by atoms with Crippen LogP contribution in [0.15, 0.2) is 11.6 Å². The van der Waals surface area contributed by atoms with Crippen molar-refractivity contribution in [3.05, 3.63) is 11.6 Å². The van der Waals surface area contributed by atoms with Gasteiger partial charge in [-0.3, -0.25) is 0 Å². The van der Waals surface area contributed by atoms with Gasteiger partial charge in [-0.25, -0.2) is 0 Å². The minimum absolute atomic E-state index is 1.09. The van der Waals surface area contributed by atoms with Crippen LogP contribution in [0.25, 0.3) is 0 Å². The van der Waals surface area contributed by atoms with Crippen molar-refractivity contribution < 1.29 is 0 Å². The van der Waals surface area contributed by atoms with Gasteiger partial charge in [-0.15, -0.1) is 11.4 Å². The zero-order valence-corrected chi connectivity index (χ0v) is 5.52. The number of hydrogen-bond donors (Lipinski definition) is 0. The molecule has 0 spiro atoms. The van der Waals surface area contributed by atoms with Crippen LogP contribution in [0.4, 0.5) is 0 Å². The van der Waals surface area contributed by atoms with Crippen molar-refractivity contribution in [2.45, 2.75) is 19.1 Å². The quantitative estimate of drug-likeness (QED) is 0.343. The number of rotatable bonds is 1. The molecule has 0 fully saturated rings. The monoisotopic (exact) mass is 96.1 g/mol. The Hall–Kier alpha value is 0.272. The number of allylic oxidation sites excluding steroid dienone is 2. The minimum atomic E-state index is 1.09. The van der Waals surface area contributed by atoms with E-state index in [9.17, 15) is 0 Å². The zero-order valence-electron chi connectivity index (χ0n) is 4.36. The molecule has 0 N–H and O–H groups in total. The van der Waals surface area contributed by atoms with Crippen LogP contribution in [0.3, 0.4) is 0 Å². The van der Waals surface area contributed by atoms with Crippen molar-refractivity contribution in [3.63, 3.8) is 0 Å². The third-order valence-corrected chi connectivity index (χ3v) is 0.762. The van der Waals surface area contributed by atoms with E-state index in [1.165, 1.54) is 5.57 Å². The maximum atomic E-state index is 2.65. The molecule has 1 heteroatoms. The molecule has 2 radical (unpaired) electrons. The van der Waals surface area contributed by atoms with Gasteiger partial charge in [-0.2, -0.15) is 0 Å². The second-order valence-corrected chi connectivity index (χ2v) is 1.99. The molecule has 0 aliphatic heterocycles. The van der Waals surface area contributed by atoms with Crippen LogP contribution in [0.1, 0.15) is 13.8 Å². The molecule has 0 atom stereocenters. The van der Waals surface area contributed by atoms with Crippen LogP contribution in [0.5, 0.6) is 0 Å². The van der Waals surface area contributed by atoms with Gasteiger partial charge in [0.2, 0.25) is 0 Å². The van der Waals surface area contributed by atoms with E-state index in [2.05, 4.69) is 36.2 Å². The fraction of sp³-hybridized carbons (Fsp3) is 0.600. The Balaban J connectivity index is 3.14. The van der Waals surface area contributed by atoms with Crippen molar-refractivity contribution in [1.29, 1.82) is 0 Å². The SMILES string of the molecule is CC(C)=C[CH2][Al]. The molecule has 0 aliphatic rings. The van der Waals surface area contributed by atoms with E-state index >= 15 is 0 Å². The fourth-order valence-electron chi connectivity index (χ4n) is 0.236. The van der Waals surface area contributed by atoms with Crippen LogP contribution >= 0.6 is 0 Å². The molecule has 32 valence electrons. The van der Waals surface area contributed by atoms with Crippen LogP contribution in [-0.2, 0) is 0 Å². The van der Waals surface area contributed by atoms with Gasteiger partial charge in [0, 0.05) is 0 Å². The summed E-state index contributed by atoms with van der Waals surface area (Å²) in [5.74, 6) is 0. The maximum Gasteiger partial charge on any atom is 0.124 e. The summed E-state index contributed by atoms with van der Waals surface area (Å²) in [4.78, 5) is 0. The van der Waals surface area contributed by atoms with Gasteiger partial charge in [0.25, 0.3) is 0 Å². The summed E-state index contributed by atoms with van der Waals surface area (Å²) in [5.41, 5.74) is 1.39. The van der Waals surface area contributed by atoms with Crippen LogP contribution in [-0.4, -0.2) is 16.3 Å². The third-order valence-electron chi connectivity index (χ3n) is 0.526. The highest BCUT2D eigenvalue weighted by molar-refractivity contribution is 6.09. The minimum Gasteiger partial charge on any atom is -0.101 e. The first-order valence-corrected chi connectivity index (χ1v) is 2.92. The highest BCUT2D eigenvalue weighted by atomic mass is 27.0. The van der Waals surface area contributed by atoms with Crippen molar-refractivity contribution in [3.8, 4) is 0 Å². The van der Waals surface area contributed by atoms with E-state index in [1.807, 2.05) is 0 Å². The Morgan fingerprint density at radius 3 is 2.17 bits per heavy atom. The first-order valence-electron chi connectivity index (χ1n) is 2.11. The summed E-state index contributed by atoms with van der Waals surface area (Å²) in [6.45, 7) is 4.20. The molecule has 0 rings (SSSR count). The van der Waals surface area contributed by atoms with E-state index in [0.717, 1.165) is 5.28 Å². The Morgan fingerprint density at radius 1 is 1.67 bits per heavy atom. The largest absolute Gasteiger partial charge is 0.124 e. The Morgan fingerprint density at radius 2 is 2.17 bits per heavy atom. The zero-order chi connectivity index (χ0) is 4.99. The average molecular weight is 96.1 g/mol. The van der Waals surface area contributed by atoms with E-state index in [0.29, 0.717) is 0 Å². The van der Waals surface area contributed by atoms with E-state index in [-0.39, 0.29) is 0 Å². The average Bonchev–Trinajstić information content (AvgIpc) is 1.35. The molecule has 0 bridgehead atoms. The maximum absolute atomic E-state index is 2.65. The molecule has 0 nitrogen and oxygen atoms in total. The Labute approximate surface area is 47.7 Å². The van der Waals surface area contributed by atoms with Crippen LogP contribution in [0, 0.1) is 0 Å². The first kappa shape index (κ1) is 6.27. The summed E-state index contributed by atoms with van der Waals surface area (Å²) < 4.78 is 0. The lowest BCUT2D eigenvalue weighted by Crippen LogP contribution is -1.61. The summed E-state index contributed by atoms with van der Waals surface area (Å²) >= 11 is 2.65. The first-order chi connectivity index (χ1) is 2.77.